The number of nitrogens with zero attached hydrogens (tertiary/aromatic N) is 1. The molecule has 2 aromatic heterocycles. The van der Waals surface area contributed by atoms with Crippen LogP contribution in [0.3, 0.4) is 0 Å². The molecule has 0 aliphatic rings. The van der Waals surface area contributed by atoms with Crippen molar-refractivity contribution in [2.45, 2.75) is 18.9 Å². The zero-order valence-electron chi connectivity index (χ0n) is 11.5. The van der Waals surface area contributed by atoms with Crippen molar-refractivity contribution in [2.75, 3.05) is 0 Å². The van der Waals surface area contributed by atoms with Crippen molar-refractivity contribution in [3.05, 3.63) is 74.4 Å². The first kappa shape index (κ1) is 14.5. The van der Waals surface area contributed by atoms with E-state index in [0.717, 1.165) is 27.6 Å². The van der Waals surface area contributed by atoms with Gasteiger partial charge in [-0.3, -0.25) is 0 Å². The van der Waals surface area contributed by atoms with Crippen molar-refractivity contribution >= 4 is 27.3 Å². The first-order chi connectivity index (χ1) is 10.2. The molecule has 0 aliphatic heterocycles. The fourth-order valence-corrected chi connectivity index (χ4v) is 3.92. The topological polar surface area (TPSA) is 48.9 Å². The average Bonchev–Trinajstić information content (AvgIpc) is 3.17. The SMILES string of the molecule is CCc1cscc1C(O)(c1cccc(Br)c1)c1cnc[nH]1. The Morgan fingerprint density at radius 3 is 2.90 bits per heavy atom. The van der Waals surface area contributed by atoms with Gasteiger partial charge in [-0.25, -0.2) is 4.98 Å². The number of aryl methyl sites for hydroxylation is 1. The van der Waals surface area contributed by atoms with Crippen LogP contribution in [0.5, 0.6) is 0 Å². The standard InChI is InChI=1S/C16H15BrN2OS/c1-2-11-8-21-9-14(11)16(20,15-7-18-10-19-15)12-4-3-5-13(17)6-12/h3-10,20H,2H2,1H3,(H,18,19). The first-order valence-electron chi connectivity index (χ1n) is 6.69. The Bertz CT molecular complexity index is 738. The van der Waals surface area contributed by atoms with Gasteiger partial charge in [0.2, 0.25) is 0 Å². The summed E-state index contributed by atoms with van der Waals surface area (Å²) in [6.07, 6.45) is 4.15. The third kappa shape index (κ3) is 2.46. The van der Waals surface area contributed by atoms with E-state index in [1.807, 2.05) is 29.6 Å². The molecule has 5 heteroatoms. The van der Waals surface area contributed by atoms with E-state index < -0.39 is 5.60 Å². The van der Waals surface area contributed by atoms with Crippen LogP contribution in [0.15, 0.2) is 52.0 Å². The maximum absolute atomic E-state index is 11.6. The van der Waals surface area contributed by atoms with Crippen molar-refractivity contribution in [1.82, 2.24) is 9.97 Å². The fraction of sp³-hybridized carbons (Fsp3) is 0.188. The fourth-order valence-electron chi connectivity index (χ4n) is 2.54. The lowest BCUT2D eigenvalue weighted by molar-refractivity contribution is 0.121. The molecule has 2 N–H and O–H groups in total. The van der Waals surface area contributed by atoms with Crippen LogP contribution in [-0.2, 0) is 12.0 Å². The van der Waals surface area contributed by atoms with Crippen LogP contribution in [-0.4, -0.2) is 15.1 Å². The van der Waals surface area contributed by atoms with Crippen LogP contribution < -0.4 is 0 Å². The van der Waals surface area contributed by atoms with Crippen molar-refractivity contribution in [3.8, 4) is 0 Å². The van der Waals surface area contributed by atoms with Gasteiger partial charge in [0.1, 0.15) is 0 Å². The van der Waals surface area contributed by atoms with Crippen LogP contribution in [0, 0.1) is 0 Å². The molecule has 3 nitrogen and oxygen atoms in total. The second kappa shape index (κ2) is 5.75. The van der Waals surface area contributed by atoms with Gasteiger partial charge in [0.05, 0.1) is 18.2 Å². The minimum absolute atomic E-state index is 0.675. The monoisotopic (exact) mass is 362 g/mol. The molecule has 2 heterocycles. The van der Waals surface area contributed by atoms with Gasteiger partial charge in [-0.2, -0.15) is 11.3 Å². The van der Waals surface area contributed by atoms with Gasteiger partial charge in [0, 0.05) is 10.0 Å². The van der Waals surface area contributed by atoms with Gasteiger partial charge in [0.25, 0.3) is 0 Å². The molecule has 3 aromatic rings. The minimum atomic E-state index is -1.22. The summed E-state index contributed by atoms with van der Waals surface area (Å²) >= 11 is 5.09. The number of nitrogens with one attached hydrogen (secondary N) is 1. The largest absolute Gasteiger partial charge is 0.374 e. The van der Waals surface area contributed by atoms with Gasteiger partial charge in [-0.05, 0) is 40.4 Å². The van der Waals surface area contributed by atoms with Crippen molar-refractivity contribution in [1.29, 1.82) is 0 Å². The lowest BCUT2D eigenvalue weighted by Crippen LogP contribution is -2.30. The highest BCUT2D eigenvalue weighted by Crippen LogP contribution is 2.39. The maximum atomic E-state index is 11.6. The summed E-state index contributed by atoms with van der Waals surface area (Å²) in [4.78, 5) is 7.14. The number of halogens is 1. The maximum Gasteiger partial charge on any atom is 0.157 e. The normalized spacial score (nSPS) is 14.0. The summed E-state index contributed by atoms with van der Waals surface area (Å²) in [7, 11) is 0. The van der Waals surface area contributed by atoms with Gasteiger partial charge in [0.15, 0.2) is 5.60 Å². The molecule has 1 aromatic carbocycles. The van der Waals surface area contributed by atoms with Crippen molar-refractivity contribution in [3.63, 3.8) is 0 Å². The van der Waals surface area contributed by atoms with Crippen LogP contribution in [0.25, 0.3) is 0 Å². The Labute approximate surface area is 135 Å². The van der Waals surface area contributed by atoms with E-state index in [1.54, 1.807) is 23.9 Å². The zero-order valence-corrected chi connectivity index (χ0v) is 13.9. The second-order valence-electron chi connectivity index (χ2n) is 4.85. The van der Waals surface area contributed by atoms with Gasteiger partial charge in [-0.1, -0.05) is 35.0 Å². The van der Waals surface area contributed by atoms with E-state index in [4.69, 9.17) is 0 Å². The van der Waals surface area contributed by atoms with E-state index in [2.05, 4.69) is 38.2 Å². The summed E-state index contributed by atoms with van der Waals surface area (Å²) in [6, 6.07) is 7.75. The smallest absolute Gasteiger partial charge is 0.157 e. The van der Waals surface area contributed by atoms with Crippen LogP contribution in [0.1, 0.15) is 29.3 Å². The van der Waals surface area contributed by atoms with Gasteiger partial charge in [-0.15, -0.1) is 0 Å². The summed E-state index contributed by atoms with van der Waals surface area (Å²) in [5.41, 5.74) is 2.34. The zero-order chi connectivity index (χ0) is 14.9. The van der Waals surface area contributed by atoms with Crippen LogP contribution in [0.2, 0.25) is 0 Å². The predicted octanol–water partition coefficient (Wildman–Crippen LogP) is 4.08. The lowest BCUT2D eigenvalue weighted by Gasteiger charge is -2.28. The molecule has 1 unspecified atom stereocenters. The molecular formula is C16H15BrN2OS. The number of aromatic amines is 1. The number of hydrogen-bond donors (Lipinski definition) is 2. The second-order valence-corrected chi connectivity index (χ2v) is 6.51. The number of rotatable bonds is 4. The lowest BCUT2D eigenvalue weighted by atomic mass is 9.83. The number of benzene rings is 1. The van der Waals surface area contributed by atoms with E-state index in [1.165, 1.54) is 0 Å². The van der Waals surface area contributed by atoms with Gasteiger partial charge >= 0.3 is 0 Å². The van der Waals surface area contributed by atoms with Crippen molar-refractivity contribution < 1.29 is 5.11 Å². The Hall–Kier alpha value is -1.43. The highest BCUT2D eigenvalue weighted by Gasteiger charge is 2.37. The highest BCUT2D eigenvalue weighted by molar-refractivity contribution is 9.10. The third-order valence-electron chi connectivity index (χ3n) is 3.64. The molecule has 0 aliphatic carbocycles. The van der Waals surface area contributed by atoms with E-state index >= 15 is 0 Å². The van der Waals surface area contributed by atoms with E-state index in [9.17, 15) is 5.11 Å². The molecule has 0 fully saturated rings. The first-order valence-corrected chi connectivity index (χ1v) is 8.42. The molecular weight excluding hydrogens is 348 g/mol. The summed E-state index contributed by atoms with van der Waals surface area (Å²) in [5, 5.41) is 15.7. The molecule has 0 bridgehead atoms. The molecule has 0 saturated carbocycles. The molecule has 3 rings (SSSR count). The number of thiophene rings is 1. The minimum Gasteiger partial charge on any atom is -0.374 e. The molecule has 1 atom stereocenters. The average molecular weight is 363 g/mol. The summed E-state index contributed by atoms with van der Waals surface area (Å²) in [5.74, 6) is 0. The molecule has 0 amide bonds. The number of hydrogen-bond acceptors (Lipinski definition) is 3. The van der Waals surface area contributed by atoms with Gasteiger partial charge < -0.3 is 10.1 Å². The Morgan fingerprint density at radius 2 is 2.24 bits per heavy atom. The Kier molecular flexibility index (Phi) is 3.97. The van der Waals surface area contributed by atoms with E-state index in [-0.39, 0.29) is 0 Å². The molecule has 21 heavy (non-hydrogen) atoms. The molecule has 0 spiro atoms. The molecule has 0 radical (unpaired) electrons. The summed E-state index contributed by atoms with van der Waals surface area (Å²) in [6.45, 7) is 2.10. The molecule has 108 valence electrons. The molecule has 0 saturated heterocycles. The Morgan fingerprint density at radius 1 is 1.38 bits per heavy atom. The van der Waals surface area contributed by atoms with Crippen LogP contribution >= 0.6 is 27.3 Å². The third-order valence-corrected chi connectivity index (χ3v) is 4.93. The number of aliphatic hydroxyl groups is 1. The number of imidazole rings is 1. The number of aromatic nitrogens is 2. The quantitative estimate of drug-likeness (QED) is 0.734. The highest BCUT2D eigenvalue weighted by atomic mass is 79.9. The van der Waals surface area contributed by atoms with E-state index in [0.29, 0.717) is 5.69 Å². The number of H-pyrrole nitrogens is 1. The van der Waals surface area contributed by atoms with Crippen molar-refractivity contribution in [2.24, 2.45) is 0 Å². The Balaban J connectivity index is 2.26. The summed E-state index contributed by atoms with van der Waals surface area (Å²) < 4.78 is 0.936. The van der Waals surface area contributed by atoms with Crippen LogP contribution in [0.4, 0.5) is 0 Å². The predicted molar refractivity (Wildman–Crippen MR) is 88.5 cm³/mol.